The molecule has 0 saturated heterocycles. The predicted octanol–water partition coefficient (Wildman–Crippen LogP) is -0.866. The van der Waals surface area contributed by atoms with Crippen LogP contribution in [0.3, 0.4) is 0 Å². The van der Waals surface area contributed by atoms with Crippen molar-refractivity contribution in [3.05, 3.63) is 0 Å². The van der Waals surface area contributed by atoms with Gasteiger partial charge in [0.2, 0.25) is 10.0 Å². The fraction of sp³-hybridized carbons (Fsp3) is 1.00. The summed E-state index contributed by atoms with van der Waals surface area (Å²) in [4.78, 5) is 0. The molecule has 0 aromatic carbocycles. The standard InChI is InChI=1S/C8H19N3O2S/c9-7-2-3-8(6-7)11-4-1-5-14(10,12)13/h7-8,11H,1-6,9H2,(H2,10,12,13). The molecule has 6 heteroatoms. The van der Waals surface area contributed by atoms with Gasteiger partial charge in [-0.15, -0.1) is 0 Å². The Bertz CT molecular complexity index is 266. The lowest BCUT2D eigenvalue weighted by atomic mass is 10.2. The van der Waals surface area contributed by atoms with E-state index in [2.05, 4.69) is 5.32 Å². The normalized spacial score (nSPS) is 28.1. The Morgan fingerprint density at radius 2 is 2.07 bits per heavy atom. The van der Waals surface area contributed by atoms with E-state index in [4.69, 9.17) is 10.9 Å². The summed E-state index contributed by atoms with van der Waals surface area (Å²) in [7, 11) is -3.30. The zero-order valence-electron chi connectivity index (χ0n) is 8.28. The first kappa shape index (κ1) is 11.9. The third-order valence-electron chi connectivity index (χ3n) is 2.51. The van der Waals surface area contributed by atoms with Crippen LogP contribution in [0.4, 0.5) is 0 Å². The van der Waals surface area contributed by atoms with E-state index >= 15 is 0 Å². The molecule has 0 spiro atoms. The third kappa shape index (κ3) is 4.90. The van der Waals surface area contributed by atoms with Crippen LogP contribution < -0.4 is 16.2 Å². The molecule has 0 amide bonds. The fourth-order valence-electron chi connectivity index (χ4n) is 1.78. The number of sulfonamides is 1. The smallest absolute Gasteiger partial charge is 0.209 e. The summed E-state index contributed by atoms with van der Waals surface area (Å²) in [5.74, 6) is 0.0543. The van der Waals surface area contributed by atoms with Gasteiger partial charge in [0.15, 0.2) is 0 Å². The minimum atomic E-state index is -3.30. The Labute approximate surface area is 85.3 Å². The molecule has 2 atom stereocenters. The van der Waals surface area contributed by atoms with Crippen LogP contribution in [0.25, 0.3) is 0 Å². The SMILES string of the molecule is NC1CCC(NCCCS(N)(=O)=O)C1. The Kier molecular flexibility index (Phi) is 4.31. The van der Waals surface area contributed by atoms with E-state index in [1.54, 1.807) is 0 Å². The second-order valence-corrected chi connectivity index (χ2v) is 5.68. The number of primary sulfonamides is 1. The molecule has 84 valence electrons. The molecule has 1 aliphatic rings. The van der Waals surface area contributed by atoms with Crippen LogP contribution in [-0.4, -0.2) is 32.8 Å². The average Bonchev–Trinajstić information content (AvgIpc) is 2.44. The van der Waals surface area contributed by atoms with E-state index in [9.17, 15) is 8.42 Å². The quantitative estimate of drug-likeness (QED) is 0.526. The molecule has 2 unspecified atom stereocenters. The van der Waals surface area contributed by atoms with Gasteiger partial charge >= 0.3 is 0 Å². The summed E-state index contributed by atoms with van der Waals surface area (Å²) in [5.41, 5.74) is 5.74. The molecule has 1 saturated carbocycles. The van der Waals surface area contributed by atoms with Gasteiger partial charge in [-0.05, 0) is 32.2 Å². The van der Waals surface area contributed by atoms with Crippen LogP contribution >= 0.6 is 0 Å². The zero-order valence-corrected chi connectivity index (χ0v) is 9.09. The molecule has 0 aromatic rings. The first-order valence-corrected chi connectivity index (χ1v) is 6.68. The van der Waals surface area contributed by atoms with Gasteiger partial charge in [-0.1, -0.05) is 0 Å². The van der Waals surface area contributed by atoms with Gasteiger partial charge in [-0.3, -0.25) is 0 Å². The van der Waals surface area contributed by atoms with Crippen molar-refractivity contribution in [3.63, 3.8) is 0 Å². The van der Waals surface area contributed by atoms with E-state index in [0.29, 0.717) is 25.0 Å². The summed E-state index contributed by atoms with van der Waals surface area (Å²) in [6, 6.07) is 0.774. The van der Waals surface area contributed by atoms with E-state index in [-0.39, 0.29) is 5.75 Å². The van der Waals surface area contributed by atoms with Gasteiger partial charge in [0.25, 0.3) is 0 Å². The van der Waals surface area contributed by atoms with Crippen LogP contribution in [0.15, 0.2) is 0 Å². The summed E-state index contributed by atoms with van der Waals surface area (Å²) in [6.07, 6.45) is 3.73. The van der Waals surface area contributed by atoms with Crippen molar-refractivity contribution >= 4 is 10.0 Å². The maximum absolute atomic E-state index is 10.6. The van der Waals surface area contributed by atoms with E-state index in [0.717, 1.165) is 19.3 Å². The highest BCUT2D eigenvalue weighted by Crippen LogP contribution is 2.16. The van der Waals surface area contributed by atoms with E-state index in [1.165, 1.54) is 0 Å². The lowest BCUT2D eigenvalue weighted by molar-refractivity contribution is 0.514. The molecule has 0 heterocycles. The zero-order chi connectivity index (χ0) is 10.6. The van der Waals surface area contributed by atoms with Gasteiger partial charge in [0.05, 0.1) is 5.75 Å². The van der Waals surface area contributed by atoms with Crippen LogP contribution in [0.2, 0.25) is 0 Å². The third-order valence-corrected chi connectivity index (χ3v) is 3.37. The molecule has 0 aromatic heterocycles. The first-order valence-electron chi connectivity index (χ1n) is 4.97. The molecule has 0 bridgehead atoms. The van der Waals surface area contributed by atoms with Crippen molar-refractivity contribution < 1.29 is 8.42 Å². The topological polar surface area (TPSA) is 98.2 Å². The number of nitrogens with one attached hydrogen (secondary N) is 1. The molecular formula is C8H19N3O2S. The maximum atomic E-state index is 10.6. The summed E-state index contributed by atoms with van der Waals surface area (Å²) in [6.45, 7) is 0.702. The van der Waals surface area contributed by atoms with Crippen molar-refractivity contribution in [1.82, 2.24) is 5.32 Å². The average molecular weight is 221 g/mol. The highest BCUT2D eigenvalue weighted by Gasteiger charge is 2.20. The highest BCUT2D eigenvalue weighted by atomic mass is 32.2. The van der Waals surface area contributed by atoms with Crippen LogP contribution in [0, 0.1) is 0 Å². The fourth-order valence-corrected chi connectivity index (χ4v) is 2.33. The number of rotatable bonds is 5. The Balaban J connectivity index is 2.05. The van der Waals surface area contributed by atoms with Crippen molar-refractivity contribution in [2.45, 2.75) is 37.8 Å². The highest BCUT2D eigenvalue weighted by molar-refractivity contribution is 7.89. The second kappa shape index (κ2) is 5.06. The van der Waals surface area contributed by atoms with Gasteiger partial charge < -0.3 is 11.1 Å². The molecule has 5 N–H and O–H groups in total. The van der Waals surface area contributed by atoms with E-state index < -0.39 is 10.0 Å². The van der Waals surface area contributed by atoms with Crippen LogP contribution in [-0.2, 0) is 10.0 Å². The molecule has 14 heavy (non-hydrogen) atoms. The Hall–Kier alpha value is -0.170. The van der Waals surface area contributed by atoms with Crippen molar-refractivity contribution in [2.75, 3.05) is 12.3 Å². The molecule has 5 nitrogen and oxygen atoms in total. The summed E-state index contributed by atoms with van der Waals surface area (Å²) < 4.78 is 21.2. The van der Waals surface area contributed by atoms with Crippen LogP contribution in [0.5, 0.6) is 0 Å². The lowest BCUT2D eigenvalue weighted by Crippen LogP contribution is -2.30. The molecule has 0 aliphatic heterocycles. The Morgan fingerprint density at radius 1 is 1.36 bits per heavy atom. The lowest BCUT2D eigenvalue weighted by Gasteiger charge is -2.11. The van der Waals surface area contributed by atoms with Crippen LogP contribution in [0.1, 0.15) is 25.7 Å². The maximum Gasteiger partial charge on any atom is 0.209 e. The number of nitrogens with two attached hydrogens (primary N) is 2. The largest absolute Gasteiger partial charge is 0.328 e. The van der Waals surface area contributed by atoms with Gasteiger partial charge in [-0.2, -0.15) is 0 Å². The number of hydrogen-bond acceptors (Lipinski definition) is 4. The molecule has 0 radical (unpaired) electrons. The molecule has 1 aliphatic carbocycles. The predicted molar refractivity (Wildman–Crippen MR) is 56.2 cm³/mol. The van der Waals surface area contributed by atoms with Crippen molar-refractivity contribution in [2.24, 2.45) is 10.9 Å². The summed E-state index contributed by atoms with van der Waals surface area (Å²) in [5, 5.41) is 8.16. The molecular weight excluding hydrogens is 202 g/mol. The molecule has 1 fully saturated rings. The van der Waals surface area contributed by atoms with Gasteiger partial charge in [-0.25, -0.2) is 13.6 Å². The van der Waals surface area contributed by atoms with E-state index in [1.807, 2.05) is 0 Å². The minimum Gasteiger partial charge on any atom is -0.328 e. The molecule has 1 rings (SSSR count). The Morgan fingerprint density at radius 3 is 2.57 bits per heavy atom. The van der Waals surface area contributed by atoms with Crippen molar-refractivity contribution in [3.8, 4) is 0 Å². The minimum absolute atomic E-state index is 0.0543. The summed E-state index contributed by atoms with van der Waals surface area (Å²) >= 11 is 0. The van der Waals surface area contributed by atoms with Crippen molar-refractivity contribution in [1.29, 1.82) is 0 Å². The number of hydrogen-bond donors (Lipinski definition) is 3. The second-order valence-electron chi connectivity index (χ2n) is 3.94. The van der Waals surface area contributed by atoms with Gasteiger partial charge in [0.1, 0.15) is 0 Å². The van der Waals surface area contributed by atoms with Gasteiger partial charge in [0, 0.05) is 12.1 Å². The monoisotopic (exact) mass is 221 g/mol. The first-order chi connectivity index (χ1) is 6.47.